The first kappa shape index (κ1) is 18.5. The van der Waals surface area contributed by atoms with Gasteiger partial charge in [-0.3, -0.25) is 4.79 Å². The number of halogens is 2. The van der Waals surface area contributed by atoms with Gasteiger partial charge in [0.15, 0.2) is 5.65 Å². The van der Waals surface area contributed by atoms with Crippen molar-refractivity contribution in [2.75, 3.05) is 11.9 Å². The Kier molecular flexibility index (Phi) is 5.64. The van der Waals surface area contributed by atoms with Crippen molar-refractivity contribution in [2.24, 2.45) is 0 Å². The summed E-state index contributed by atoms with van der Waals surface area (Å²) < 4.78 is 7.25. The maximum Gasteiger partial charge on any atom is 0.224 e. The molecule has 0 unspecified atom stereocenters. The van der Waals surface area contributed by atoms with Crippen LogP contribution in [-0.4, -0.2) is 27.1 Å². The van der Waals surface area contributed by atoms with E-state index in [-0.39, 0.29) is 5.91 Å². The Morgan fingerprint density at radius 1 is 1.27 bits per heavy atom. The molecule has 0 saturated carbocycles. The molecule has 8 heteroatoms. The van der Waals surface area contributed by atoms with Gasteiger partial charge in [-0.05, 0) is 50.1 Å². The molecule has 1 N–H and O–H groups in total. The van der Waals surface area contributed by atoms with Crippen molar-refractivity contribution in [3.05, 3.63) is 51.9 Å². The van der Waals surface area contributed by atoms with Gasteiger partial charge >= 0.3 is 0 Å². The monoisotopic (exact) mass is 392 g/mol. The number of carbonyl (C=O) groups is 1. The number of carbonyl (C=O) groups excluding carboxylic acids is 1. The highest BCUT2D eigenvalue weighted by Crippen LogP contribution is 2.27. The molecule has 1 amide bonds. The number of nitrogens with one attached hydrogen (secondary N) is 1. The fraction of sp³-hybridized carbons (Fsp3) is 0.278. The number of rotatable bonds is 6. The van der Waals surface area contributed by atoms with Gasteiger partial charge in [-0.2, -0.15) is 5.10 Å². The molecule has 6 nitrogen and oxygen atoms in total. The van der Waals surface area contributed by atoms with Crippen molar-refractivity contribution >= 4 is 40.4 Å². The van der Waals surface area contributed by atoms with E-state index in [1.54, 1.807) is 28.9 Å². The molecule has 0 atom stereocenters. The largest absolute Gasteiger partial charge is 0.492 e. The second kappa shape index (κ2) is 7.93. The summed E-state index contributed by atoms with van der Waals surface area (Å²) in [6.07, 6.45) is 2.65. The molecule has 3 rings (SSSR count). The Morgan fingerprint density at radius 2 is 2.08 bits per heavy atom. The van der Waals surface area contributed by atoms with Crippen molar-refractivity contribution in [1.82, 2.24) is 14.6 Å². The molecule has 2 heterocycles. The number of ether oxygens (including phenoxy) is 1. The number of aryl methyl sites for hydroxylation is 2. The summed E-state index contributed by atoms with van der Waals surface area (Å²) in [5, 5.41) is 8.16. The van der Waals surface area contributed by atoms with E-state index >= 15 is 0 Å². The number of amides is 1. The first-order valence-corrected chi connectivity index (χ1v) is 8.89. The molecule has 0 saturated heterocycles. The Balaban J connectivity index is 1.51. The quantitative estimate of drug-likeness (QED) is 0.629. The maximum absolute atomic E-state index is 12.1. The highest BCUT2D eigenvalue weighted by molar-refractivity contribution is 6.35. The number of fused-ring (bicyclic) bond motifs is 1. The van der Waals surface area contributed by atoms with Crippen molar-refractivity contribution in [1.29, 1.82) is 0 Å². The minimum absolute atomic E-state index is 0.0913. The zero-order valence-electron chi connectivity index (χ0n) is 14.4. The molecule has 26 heavy (non-hydrogen) atoms. The second-order valence-electron chi connectivity index (χ2n) is 5.91. The van der Waals surface area contributed by atoms with Crippen LogP contribution in [0.3, 0.4) is 0 Å². The molecule has 0 aliphatic carbocycles. The van der Waals surface area contributed by atoms with Crippen LogP contribution in [0.4, 0.5) is 5.69 Å². The lowest BCUT2D eigenvalue weighted by molar-refractivity contribution is -0.116. The molecule has 0 bridgehead atoms. The second-order valence-corrected chi connectivity index (χ2v) is 6.76. The number of hydrogen-bond acceptors (Lipinski definition) is 4. The maximum atomic E-state index is 12.1. The zero-order chi connectivity index (χ0) is 18.7. The first-order chi connectivity index (χ1) is 12.4. The molecule has 0 aliphatic heterocycles. The van der Waals surface area contributed by atoms with Crippen molar-refractivity contribution in [3.63, 3.8) is 0 Å². The topological polar surface area (TPSA) is 68.5 Å². The summed E-state index contributed by atoms with van der Waals surface area (Å²) >= 11 is 11.9. The number of aromatic nitrogens is 3. The summed E-state index contributed by atoms with van der Waals surface area (Å²) in [6, 6.07) is 6.92. The van der Waals surface area contributed by atoms with E-state index < -0.39 is 0 Å². The molecule has 0 fully saturated rings. The minimum atomic E-state index is -0.0913. The predicted octanol–water partition coefficient (Wildman–Crippen LogP) is 4.45. The average molecular weight is 393 g/mol. The van der Waals surface area contributed by atoms with E-state index in [0.717, 1.165) is 11.2 Å². The van der Waals surface area contributed by atoms with Crippen LogP contribution in [0.1, 0.15) is 24.2 Å². The molecular formula is C18H18Cl2N4O2. The lowest BCUT2D eigenvalue weighted by Gasteiger charge is -2.09. The number of anilines is 1. The third-order valence-electron chi connectivity index (χ3n) is 3.71. The molecule has 136 valence electrons. The van der Waals surface area contributed by atoms with Crippen molar-refractivity contribution < 1.29 is 9.53 Å². The molecule has 0 radical (unpaired) electrons. The van der Waals surface area contributed by atoms with Gasteiger partial charge in [-0.15, -0.1) is 0 Å². The van der Waals surface area contributed by atoms with Crippen LogP contribution in [0.15, 0.2) is 30.5 Å². The molecule has 1 aromatic carbocycles. The normalized spacial score (nSPS) is 10.9. The number of pyridine rings is 1. The van der Waals surface area contributed by atoms with E-state index in [0.29, 0.717) is 46.8 Å². The van der Waals surface area contributed by atoms with Crippen molar-refractivity contribution in [2.45, 2.75) is 26.7 Å². The number of benzene rings is 1. The van der Waals surface area contributed by atoms with Gasteiger partial charge in [0.05, 0.1) is 23.5 Å². The summed E-state index contributed by atoms with van der Waals surface area (Å²) in [5.74, 6) is 1.15. The van der Waals surface area contributed by atoms with Gasteiger partial charge < -0.3 is 10.1 Å². The smallest absolute Gasteiger partial charge is 0.224 e. The van der Waals surface area contributed by atoms with Crippen LogP contribution in [0.2, 0.25) is 10.0 Å². The summed E-state index contributed by atoms with van der Waals surface area (Å²) in [4.78, 5) is 16.5. The summed E-state index contributed by atoms with van der Waals surface area (Å²) in [7, 11) is 0. The SMILES string of the molecule is Cc1nc2c(C)cc(NC(=O)CCCOc3ccc(Cl)cc3Cl)cn2n1. The molecule has 3 aromatic rings. The average Bonchev–Trinajstić information content (AvgIpc) is 2.94. The third kappa shape index (κ3) is 4.45. The first-order valence-electron chi connectivity index (χ1n) is 8.14. The van der Waals surface area contributed by atoms with Gasteiger partial charge in [-0.25, -0.2) is 9.50 Å². The van der Waals surface area contributed by atoms with Crippen molar-refractivity contribution in [3.8, 4) is 5.75 Å². The molecule has 0 aliphatic rings. The Labute approximate surface area is 161 Å². The zero-order valence-corrected chi connectivity index (χ0v) is 15.9. The Bertz CT molecular complexity index is 956. The highest BCUT2D eigenvalue weighted by Gasteiger charge is 2.08. The number of hydrogen-bond donors (Lipinski definition) is 1. The number of nitrogens with zero attached hydrogens (tertiary/aromatic N) is 3. The lowest BCUT2D eigenvalue weighted by Crippen LogP contribution is -2.13. The summed E-state index contributed by atoms with van der Waals surface area (Å²) in [6.45, 7) is 4.15. The predicted molar refractivity (Wildman–Crippen MR) is 102 cm³/mol. The minimum Gasteiger partial charge on any atom is -0.492 e. The van der Waals surface area contributed by atoms with Crippen LogP contribution in [0, 0.1) is 13.8 Å². The van der Waals surface area contributed by atoms with E-state index in [2.05, 4.69) is 15.4 Å². The Hall–Kier alpha value is -2.31. The third-order valence-corrected chi connectivity index (χ3v) is 4.24. The van der Waals surface area contributed by atoms with Gasteiger partial charge in [-0.1, -0.05) is 23.2 Å². The van der Waals surface area contributed by atoms with Crippen LogP contribution >= 0.6 is 23.2 Å². The molecule has 2 aromatic heterocycles. The fourth-order valence-electron chi connectivity index (χ4n) is 2.55. The molecule has 0 spiro atoms. The van der Waals surface area contributed by atoms with E-state index in [1.165, 1.54) is 0 Å². The standard InChI is InChI=1S/C18H18Cl2N4O2/c1-11-8-14(10-24-18(11)21-12(2)23-24)22-17(25)4-3-7-26-16-6-5-13(19)9-15(16)20/h5-6,8-10H,3-4,7H2,1-2H3,(H,22,25). The van der Waals surface area contributed by atoms with Gasteiger partial charge in [0, 0.05) is 11.4 Å². The fourth-order valence-corrected chi connectivity index (χ4v) is 3.02. The van der Waals surface area contributed by atoms with Gasteiger partial charge in [0.2, 0.25) is 5.91 Å². The van der Waals surface area contributed by atoms with Gasteiger partial charge in [0.25, 0.3) is 0 Å². The van der Waals surface area contributed by atoms with Crippen LogP contribution < -0.4 is 10.1 Å². The Morgan fingerprint density at radius 3 is 2.85 bits per heavy atom. The lowest BCUT2D eigenvalue weighted by atomic mass is 10.2. The van der Waals surface area contributed by atoms with E-state index in [4.69, 9.17) is 27.9 Å². The highest BCUT2D eigenvalue weighted by atomic mass is 35.5. The molecular weight excluding hydrogens is 375 g/mol. The van der Waals surface area contributed by atoms with Gasteiger partial charge in [0.1, 0.15) is 11.6 Å². The summed E-state index contributed by atoms with van der Waals surface area (Å²) in [5.41, 5.74) is 2.42. The van der Waals surface area contributed by atoms with Crippen LogP contribution in [-0.2, 0) is 4.79 Å². The van der Waals surface area contributed by atoms with Crippen LogP contribution in [0.25, 0.3) is 5.65 Å². The van der Waals surface area contributed by atoms with E-state index in [9.17, 15) is 4.79 Å². The van der Waals surface area contributed by atoms with Crippen LogP contribution in [0.5, 0.6) is 5.75 Å². The van der Waals surface area contributed by atoms with E-state index in [1.807, 2.05) is 19.9 Å².